The van der Waals surface area contributed by atoms with Crippen LogP contribution >= 0.6 is 0 Å². The fourth-order valence-electron chi connectivity index (χ4n) is 2.90. The van der Waals surface area contributed by atoms with Crippen molar-refractivity contribution >= 4 is 9.84 Å². The van der Waals surface area contributed by atoms with Gasteiger partial charge in [0.2, 0.25) is 0 Å². The highest BCUT2D eigenvalue weighted by molar-refractivity contribution is 7.92. The molecule has 0 bridgehead atoms. The Kier molecular flexibility index (Phi) is 5.22. The summed E-state index contributed by atoms with van der Waals surface area (Å²) in [6.45, 7) is 2.48. The van der Waals surface area contributed by atoms with Gasteiger partial charge in [0.15, 0.2) is 9.84 Å². The first-order chi connectivity index (χ1) is 9.99. The number of hydrogen-bond donors (Lipinski definition) is 1. The van der Waals surface area contributed by atoms with Crippen molar-refractivity contribution < 1.29 is 17.5 Å². The Bertz CT molecular complexity index is 589. The molecular formula is C15H22FNO3S. The van der Waals surface area contributed by atoms with Gasteiger partial charge in [-0.2, -0.15) is 0 Å². The maximum atomic E-state index is 14.3. The topological polar surface area (TPSA) is 55.4 Å². The van der Waals surface area contributed by atoms with Gasteiger partial charge in [-0.05, 0) is 25.5 Å². The Balaban J connectivity index is 2.38. The van der Waals surface area contributed by atoms with Crippen LogP contribution in [0.25, 0.3) is 0 Å². The Hall–Kier alpha value is -1.14. The van der Waals surface area contributed by atoms with E-state index in [2.05, 4.69) is 5.32 Å². The van der Waals surface area contributed by atoms with Crippen LogP contribution in [0.15, 0.2) is 18.2 Å². The van der Waals surface area contributed by atoms with Crippen LogP contribution in [-0.4, -0.2) is 33.1 Å². The van der Waals surface area contributed by atoms with E-state index in [-0.39, 0.29) is 5.75 Å². The average Bonchev–Trinajstić information content (AvgIpc) is 2.45. The lowest BCUT2D eigenvalue weighted by atomic mass is 9.98. The predicted octanol–water partition coefficient (Wildman–Crippen LogP) is 2.45. The van der Waals surface area contributed by atoms with E-state index in [0.29, 0.717) is 30.7 Å². The van der Waals surface area contributed by atoms with E-state index in [0.717, 1.165) is 6.42 Å². The van der Waals surface area contributed by atoms with Crippen molar-refractivity contribution in [2.24, 2.45) is 0 Å². The van der Waals surface area contributed by atoms with Gasteiger partial charge in [-0.15, -0.1) is 0 Å². The highest BCUT2D eigenvalue weighted by atomic mass is 32.2. The van der Waals surface area contributed by atoms with Crippen LogP contribution in [-0.2, 0) is 9.84 Å². The summed E-state index contributed by atoms with van der Waals surface area (Å²) < 4.78 is 43.9. The van der Waals surface area contributed by atoms with Gasteiger partial charge in [-0.3, -0.25) is 0 Å². The van der Waals surface area contributed by atoms with E-state index < -0.39 is 26.9 Å². The third-order valence-electron chi connectivity index (χ3n) is 3.97. The standard InChI is InChI=1S/C15H22FNO3S/c1-3-17-15(14-6-4-5-9-21(14,18)19)12-8-7-11(20-2)10-13(12)16/h7-8,10,14-15,17H,3-6,9H2,1-2H3. The van der Waals surface area contributed by atoms with Crippen LogP contribution in [0.2, 0.25) is 0 Å². The van der Waals surface area contributed by atoms with Gasteiger partial charge < -0.3 is 10.1 Å². The van der Waals surface area contributed by atoms with Crippen molar-refractivity contribution in [3.05, 3.63) is 29.6 Å². The summed E-state index contributed by atoms with van der Waals surface area (Å²) >= 11 is 0. The molecule has 6 heteroatoms. The van der Waals surface area contributed by atoms with Crippen LogP contribution in [0.1, 0.15) is 37.8 Å². The minimum atomic E-state index is -3.19. The zero-order valence-corrected chi connectivity index (χ0v) is 13.2. The predicted molar refractivity (Wildman–Crippen MR) is 80.8 cm³/mol. The van der Waals surface area contributed by atoms with Crippen molar-refractivity contribution in [1.29, 1.82) is 0 Å². The largest absolute Gasteiger partial charge is 0.497 e. The Labute approximate surface area is 125 Å². The van der Waals surface area contributed by atoms with Crippen molar-refractivity contribution in [2.75, 3.05) is 19.4 Å². The number of benzene rings is 1. The lowest BCUT2D eigenvalue weighted by molar-refractivity contribution is 0.406. The lowest BCUT2D eigenvalue weighted by Gasteiger charge is -2.31. The van der Waals surface area contributed by atoms with Gasteiger partial charge in [-0.1, -0.05) is 19.4 Å². The summed E-state index contributed by atoms with van der Waals surface area (Å²) in [7, 11) is -1.71. The number of rotatable bonds is 5. The molecule has 0 radical (unpaired) electrons. The number of nitrogens with one attached hydrogen (secondary N) is 1. The number of halogens is 1. The van der Waals surface area contributed by atoms with E-state index in [1.807, 2.05) is 6.92 Å². The van der Waals surface area contributed by atoms with Crippen molar-refractivity contribution in [2.45, 2.75) is 37.5 Å². The smallest absolute Gasteiger partial charge is 0.155 e. The quantitative estimate of drug-likeness (QED) is 0.907. The maximum absolute atomic E-state index is 14.3. The zero-order valence-electron chi connectivity index (χ0n) is 12.4. The van der Waals surface area contributed by atoms with Gasteiger partial charge in [-0.25, -0.2) is 12.8 Å². The second-order valence-corrected chi connectivity index (χ2v) is 7.66. The molecule has 1 N–H and O–H groups in total. The minimum absolute atomic E-state index is 0.192. The number of sulfone groups is 1. The molecule has 118 valence electrons. The minimum Gasteiger partial charge on any atom is -0.497 e. The molecule has 0 aromatic heterocycles. The summed E-state index contributed by atoms with van der Waals surface area (Å²) in [5.41, 5.74) is 0.396. The van der Waals surface area contributed by atoms with Gasteiger partial charge in [0.05, 0.1) is 24.2 Å². The average molecular weight is 315 g/mol. The summed E-state index contributed by atoms with van der Waals surface area (Å²) in [6, 6.07) is 4.07. The van der Waals surface area contributed by atoms with Crippen LogP contribution in [0.3, 0.4) is 0 Å². The van der Waals surface area contributed by atoms with E-state index in [4.69, 9.17) is 4.74 Å². The van der Waals surface area contributed by atoms with Gasteiger partial charge in [0, 0.05) is 11.6 Å². The maximum Gasteiger partial charge on any atom is 0.155 e. The molecule has 2 atom stereocenters. The molecule has 1 heterocycles. The summed E-state index contributed by atoms with van der Waals surface area (Å²) in [6.07, 6.45) is 2.14. The molecule has 4 nitrogen and oxygen atoms in total. The van der Waals surface area contributed by atoms with Crippen molar-refractivity contribution in [1.82, 2.24) is 5.32 Å². The molecule has 0 saturated carbocycles. The Morgan fingerprint density at radius 1 is 1.43 bits per heavy atom. The summed E-state index contributed by atoms with van der Waals surface area (Å²) in [5.74, 6) is 0.191. The molecule has 2 unspecified atom stereocenters. The van der Waals surface area contributed by atoms with E-state index in [9.17, 15) is 12.8 Å². The van der Waals surface area contributed by atoms with Crippen molar-refractivity contribution in [3.63, 3.8) is 0 Å². The molecule has 0 amide bonds. The van der Waals surface area contributed by atoms with E-state index in [1.54, 1.807) is 12.1 Å². The second kappa shape index (κ2) is 6.75. The molecule has 0 spiro atoms. The van der Waals surface area contributed by atoms with Crippen LogP contribution in [0.4, 0.5) is 4.39 Å². The number of methoxy groups -OCH3 is 1. The molecular weight excluding hydrogens is 293 g/mol. The SMILES string of the molecule is CCNC(c1ccc(OC)cc1F)C1CCCCS1(=O)=O. The third kappa shape index (κ3) is 3.55. The lowest BCUT2D eigenvalue weighted by Crippen LogP contribution is -2.41. The molecule has 1 aromatic rings. The van der Waals surface area contributed by atoms with Gasteiger partial charge >= 0.3 is 0 Å². The fourth-order valence-corrected chi connectivity index (χ4v) is 4.99. The first-order valence-corrected chi connectivity index (χ1v) is 8.99. The molecule has 1 saturated heterocycles. The molecule has 21 heavy (non-hydrogen) atoms. The third-order valence-corrected chi connectivity index (χ3v) is 6.26. The highest BCUT2D eigenvalue weighted by Gasteiger charge is 2.37. The molecule has 1 fully saturated rings. The summed E-state index contributed by atoms with van der Waals surface area (Å²) in [4.78, 5) is 0. The molecule has 0 aliphatic carbocycles. The molecule has 1 aliphatic rings. The van der Waals surface area contributed by atoms with Gasteiger partial charge in [0.1, 0.15) is 11.6 Å². The molecule has 1 aromatic carbocycles. The van der Waals surface area contributed by atoms with E-state index >= 15 is 0 Å². The molecule has 1 aliphatic heterocycles. The van der Waals surface area contributed by atoms with Crippen LogP contribution in [0, 0.1) is 5.82 Å². The van der Waals surface area contributed by atoms with Crippen LogP contribution < -0.4 is 10.1 Å². The van der Waals surface area contributed by atoms with E-state index in [1.165, 1.54) is 13.2 Å². The Morgan fingerprint density at radius 2 is 2.19 bits per heavy atom. The Morgan fingerprint density at radius 3 is 2.76 bits per heavy atom. The van der Waals surface area contributed by atoms with Gasteiger partial charge in [0.25, 0.3) is 0 Å². The monoisotopic (exact) mass is 315 g/mol. The highest BCUT2D eigenvalue weighted by Crippen LogP contribution is 2.33. The normalized spacial score (nSPS) is 22.7. The number of hydrogen-bond acceptors (Lipinski definition) is 4. The summed E-state index contributed by atoms with van der Waals surface area (Å²) in [5, 5.41) is 2.58. The first kappa shape index (κ1) is 16.2. The fraction of sp³-hybridized carbons (Fsp3) is 0.600. The zero-order chi connectivity index (χ0) is 15.5. The second-order valence-electron chi connectivity index (χ2n) is 5.32. The number of ether oxygens (including phenoxy) is 1. The first-order valence-electron chi connectivity index (χ1n) is 7.28. The van der Waals surface area contributed by atoms with Crippen molar-refractivity contribution in [3.8, 4) is 5.75 Å². The molecule has 2 rings (SSSR count). The van der Waals surface area contributed by atoms with Crippen LogP contribution in [0.5, 0.6) is 5.75 Å².